The highest BCUT2D eigenvalue weighted by Crippen LogP contribution is 2.40. The predicted octanol–water partition coefficient (Wildman–Crippen LogP) is -0.879. The molecule has 0 radical (unpaired) electrons. The van der Waals surface area contributed by atoms with E-state index in [1.54, 1.807) is 0 Å². The van der Waals surface area contributed by atoms with Gasteiger partial charge in [-0.15, -0.1) is 0 Å². The Hall–Kier alpha value is -1.81. The normalized spacial score (nSPS) is 32.9. The summed E-state index contributed by atoms with van der Waals surface area (Å²) in [5, 5.41) is 20.6. The van der Waals surface area contributed by atoms with Crippen LogP contribution in [0.5, 0.6) is 0 Å². The van der Waals surface area contributed by atoms with E-state index in [4.69, 9.17) is 16.2 Å². The maximum Gasteiger partial charge on any atom is 0.167 e. The van der Waals surface area contributed by atoms with Crippen LogP contribution in [-0.4, -0.2) is 49.1 Å². The maximum absolute atomic E-state index is 14.0. The van der Waals surface area contributed by atoms with Gasteiger partial charge in [0.25, 0.3) is 0 Å². The van der Waals surface area contributed by atoms with Crippen molar-refractivity contribution >= 4 is 16.9 Å². The molecule has 2 unspecified atom stereocenters. The molecule has 1 aliphatic rings. The van der Waals surface area contributed by atoms with Crippen LogP contribution in [0.2, 0.25) is 0 Å². The van der Waals surface area contributed by atoms with E-state index in [-0.39, 0.29) is 23.4 Å². The van der Waals surface area contributed by atoms with Crippen LogP contribution in [0.25, 0.3) is 11.0 Å². The lowest BCUT2D eigenvalue weighted by Crippen LogP contribution is -2.45. The summed E-state index contributed by atoms with van der Waals surface area (Å²) in [5.74, 6) is -0.641. The molecule has 2 aromatic rings. The van der Waals surface area contributed by atoms with Gasteiger partial charge in [-0.2, -0.15) is 0 Å². The van der Waals surface area contributed by atoms with Crippen molar-refractivity contribution in [3.8, 4) is 0 Å². The molecule has 1 saturated heterocycles. The topological polar surface area (TPSA) is 132 Å². The Morgan fingerprint density at radius 1 is 1.52 bits per heavy atom. The zero-order chi connectivity index (χ0) is 15.4. The predicted molar refractivity (Wildman–Crippen MR) is 71.5 cm³/mol. The molecule has 2 aromatic heterocycles. The Balaban J connectivity index is 2.15. The fourth-order valence-electron chi connectivity index (χ4n) is 2.67. The van der Waals surface area contributed by atoms with E-state index in [0.29, 0.717) is 0 Å². The lowest BCUT2D eigenvalue weighted by atomic mass is 9.96. The second-order valence-corrected chi connectivity index (χ2v) is 5.28. The van der Waals surface area contributed by atoms with Crippen molar-refractivity contribution in [3.05, 3.63) is 18.3 Å². The minimum Gasteiger partial charge on any atom is -0.387 e. The molecule has 3 heterocycles. The maximum atomic E-state index is 14.0. The molecule has 4 atom stereocenters. The minimum atomic E-state index is -1.65. The highest BCUT2D eigenvalue weighted by atomic mass is 19.1. The van der Waals surface area contributed by atoms with E-state index in [1.807, 2.05) is 0 Å². The van der Waals surface area contributed by atoms with Crippen molar-refractivity contribution in [2.24, 2.45) is 5.73 Å². The molecule has 21 heavy (non-hydrogen) atoms. The third-order valence-corrected chi connectivity index (χ3v) is 3.83. The van der Waals surface area contributed by atoms with Gasteiger partial charge in [-0.1, -0.05) is 0 Å². The van der Waals surface area contributed by atoms with E-state index in [0.717, 1.165) is 6.20 Å². The molecule has 1 fully saturated rings. The molecule has 0 saturated carbocycles. The fraction of sp³-hybridized carbons (Fsp3) is 0.500. The number of halogens is 1. The van der Waals surface area contributed by atoms with E-state index < -0.39 is 29.9 Å². The molecule has 6 N–H and O–H groups in total. The Morgan fingerprint density at radius 3 is 2.86 bits per heavy atom. The highest BCUT2D eigenvalue weighted by Gasteiger charge is 2.53. The number of nitrogens with zero attached hydrogens (tertiary/aromatic N) is 3. The molecule has 0 aliphatic carbocycles. The number of rotatable bonds is 2. The molecule has 1 aliphatic heterocycles. The van der Waals surface area contributed by atoms with E-state index in [2.05, 4.69) is 9.97 Å². The number of fused-ring (bicyclic) bond motifs is 1. The SMILES string of the molecule is CC1(O)C(O)[C@@H](CN)O[C@H]1n1cc(F)c2c(N)ncnc21. The quantitative estimate of drug-likeness (QED) is 0.566. The van der Waals surface area contributed by atoms with Crippen LogP contribution in [0.4, 0.5) is 10.2 Å². The molecule has 8 nitrogen and oxygen atoms in total. The van der Waals surface area contributed by atoms with Gasteiger partial charge in [0, 0.05) is 12.7 Å². The average molecular weight is 297 g/mol. The first-order valence-corrected chi connectivity index (χ1v) is 6.40. The van der Waals surface area contributed by atoms with Crippen molar-refractivity contribution in [1.29, 1.82) is 0 Å². The molecule has 3 rings (SSSR count). The summed E-state index contributed by atoms with van der Waals surface area (Å²) < 4.78 is 20.9. The molecule has 0 amide bonds. The number of aliphatic hydroxyl groups is 2. The Morgan fingerprint density at radius 2 is 2.24 bits per heavy atom. The zero-order valence-electron chi connectivity index (χ0n) is 11.3. The van der Waals surface area contributed by atoms with E-state index >= 15 is 0 Å². The first-order chi connectivity index (χ1) is 9.87. The molecule has 0 aromatic carbocycles. The molecule has 9 heteroatoms. The van der Waals surface area contributed by atoms with Gasteiger partial charge < -0.3 is 26.4 Å². The van der Waals surface area contributed by atoms with Crippen LogP contribution in [-0.2, 0) is 4.74 Å². The van der Waals surface area contributed by atoms with Crippen molar-refractivity contribution < 1.29 is 19.3 Å². The fourth-order valence-corrected chi connectivity index (χ4v) is 2.67. The summed E-state index contributed by atoms with van der Waals surface area (Å²) >= 11 is 0. The van der Waals surface area contributed by atoms with Crippen molar-refractivity contribution in [2.45, 2.75) is 31.0 Å². The van der Waals surface area contributed by atoms with Gasteiger partial charge in [-0.3, -0.25) is 4.57 Å². The van der Waals surface area contributed by atoms with Gasteiger partial charge >= 0.3 is 0 Å². The van der Waals surface area contributed by atoms with Gasteiger partial charge in [0.1, 0.15) is 30.0 Å². The van der Waals surface area contributed by atoms with Crippen LogP contribution in [0.15, 0.2) is 12.5 Å². The van der Waals surface area contributed by atoms with Crippen molar-refractivity contribution in [2.75, 3.05) is 12.3 Å². The van der Waals surface area contributed by atoms with Crippen molar-refractivity contribution in [1.82, 2.24) is 14.5 Å². The number of hydrogen-bond donors (Lipinski definition) is 4. The minimum absolute atomic E-state index is 0.00943. The van der Waals surface area contributed by atoms with Crippen LogP contribution >= 0.6 is 0 Å². The summed E-state index contributed by atoms with van der Waals surface area (Å²) in [6.07, 6.45) is -0.701. The van der Waals surface area contributed by atoms with Crippen LogP contribution in [0, 0.1) is 5.82 Å². The summed E-state index contributed by atoms with van der Waals surface area (Å²) in [6.45, 7) is 1.42. The van der Waals surface area contributed by atoms with Gasteiger partial charge in [0.05, 0.1) is 5.39 Å². The zero-order valence-corrected chi connectivity index (χ0v) is 11.3. The van der Waals surface area contributed by atoms with Crippen molar-refractivity contribution in [3.63, 3.8) is 0 Å². The monoisotopic (exact) mass is 297 g/mol. The summed E-state index contributed by atoms with van der Waals surface area (Å²) in [5.41, 5.74) is 9.67. The van der Waals surface area contributed by atoms with Crippen LogP contribution in [0.1, 0.15) is 13.2 Å². The second kappa shape index (κ2) is 4.60. The first kappa shape index (κ1) is 14.1. The second-order valence-electron chi connectivity index (χ2n) is 5.28. The smallest absolute Gasteiger partial charge is 0.167 e. The third kappa shape index (κ3) is 1.89. The largest absolute Gasteiger partial charge is 0.387 e. The highest BCUT2D eigenvalue weighted by molar-refractivity contribution is 5.86. The molecule has 0 bridgehead atoms. The number of nitrogens with two attached hydrogens (primary N) is 2. The Bertz CT molecular complexity index is 689. The molecular weight excluding hydrogens is 281 g/mol. The molecular formula is C12H16FN5O3. The number of hydrogen-bond acceptors (Lipinski definition) is 7. The lowest BCUT2D eigenvalue weighted by molar-refractivity contribution is -0.0936. The standard InChI is InChI=1S/C12H16FN5O3/c1-12(20)8(19)6(2-14)21-11(12)18-3-5(13)7-9(15)16-4-17-10(7)18/h3-4,6,8,11,19-20H,2,14H2,1H3,(H2,15,16,17)/t6-,8?,11-,12?/m1/s1. The third-order valence-electron chi connectivity index (χ3n) is 3.83. The first-order valence-electron chi connectivity index (χ1n) is 6.40. The summed E-state index contributed by atoms with van der Waals surface area (Å²) in [7, 11) is 0. The number of ether oxygens (including phenoxy) is 1. The Labute approximate surface area is 119 Å². The van der Waals surface area contributed by atoms with Gasteiger partial charge in [-0.25, -0.2) is 14.4 Å². The van der Waals surface area contributed by atoms with Gasteiger partial charge in [0.2, 0.25) is 0 Å². The number of aromatic nitrogens is 3. The van der Waals surface area contributed by atoms with Crippen LogP contribution in [0.3, 0.4) is 0 Å². The van der Waals surface area contributed by atoms with Gasteiger partial charge in [0.15, 0.2) is 17.7 Å². The summed E-state index contributed by atoms with van der Waals surface area (Å²) in [6, 6.07) is 0. The summed E-state index contributed by atoms with van der Waals surface area (Å²) in [4.78, 5) is 7.71. The Kier molecular flexibility index (Phi) is 3.10. The van der Waals surface area contributed by atoms with E-state index in [1.165, 1.54) is 17.8 Å². The average Bonchev–Trinajstić information content (AvgIpc) is 2.87. The lowest BCUT2D eigenvalue weighted by Gasteiger charge is -2.27. The van der Waals surface area contributed by atoms with Crippen LogP contribution < -0.4 is 11.5 Å². The number of aliphatic hydroxyl groups excluding tert-OH is 1. The molecule has 0 spiro atoms. The van der Waals surface area contributed by atoms with E-state index in [9.17, 15) is 14.6 Å². The molecule has 114 valence electrons. The van der Waals surface area contributed by atoms with Gasteiger partial charge in [-0.05, 0) is 6.92 Å². The number of nitrogen functional groups attached to an aromatic ring is 1. The number of anilines is 1.